The van der Waals surface area contributed by atoms with Crippen molar-refractivity contribution < 1.29 is 66.7 Å². The third kappa shape index (κ3) is 31.7. The van der Waals surface area contributed by atoms with Crippen LogP contribution in [0.3, 0.4) is 0 Å². The molecule has 76 heavy (non-hydrogen) atoms. The maximum absolute atomic E-state index is 11.3. The number of hydrogen-bond acceptors (Lipinski definition) is 15. The predicted octanol–water partition coefficient (Wildman–Crippen LogP) is 10.4. The lowest BCUT2D eigenvalue weighted by Gasteiger charge is -2.34. The van der Waals surface area contributed by atoms with Crippen molar-refractivity contribution in [3.05, 3.63) is 0 Å². The van der Waals surface area contributed by atoms with Crippen LogP contribution in [0, 0.1) is 11.8 Å². The summed E-state index contributed by atoms with van der Waals surface area (Å²) in [6, 6.07) is 0.352. The van der Waals surface area contributed by atoms with Gasteiger partial charge in [0, 0.05) is 70.6 Å². The minimum absolute atomic E-state index is 0.0463. The first-order valence-corrected chi connectivity index (χ1v) is 29.7. The number of carbonyl (C=O) groups excluding carboxylic acids is 6. The van der Waals surface area contributed by atoms with Crippen LogP contribution < -0.4 is 16.0 Å². The van der Waals surface area contributed by atoms with Crippen LogP contribution in [0.5, 0.6) is 0 Å². The molecule has 6 atom stereocenters. The van der Waals surface area contributed by atoms with Crippen LogP contribution in [0.4, 0.5) is 28.8 Å². The van der Waals surface area contributed by atoms with Gasteiger partial charge in [0.05, 0.1) is 25.3 Å². The van der Waals surface area contributed by atoms with E-state index in [2.05, 4.69) is 49.3 Å². The summed E-state index contributed by atoms with van der Waals surface area (Å²) in [5.41, 5.74) is 0. The number of nitrogens with one attached hydrogen (secondary N) is 3. The quantitative estimate of drug-likeness (QED) is 0.111. The standard InChI is InChI=1S/C9H14ClNO2.C9H16ClNO2.2C8H14ClNO3.C8H14ClNO2.C7H13ClN2O2/c10-5-13-9(12)11-8-4-6-1-2-7(8)3-6;10-7-13-9(12)11-8-5-3-1-2-4-6-8;1-6-3-10(4-7(2)13-6)8(11)12-5-9;9-6-13-8(11)10-7-2-1-4-12-5-3-7;9-7-12-8(11)10-5-3-1-2-4-6-10;1-9-2-4-10(5-3-9)7(11)12-6-8/h6-8H,1-5H2,(H,11,12);8H,1-7H2,(H,11,12);6-7H,3-5H2,1-2H3;7H,1-6H2,(H,10,11);1-7H2;2-6H2,1H3/t;;6-,7+;;;. The van der Waals surface area contributed by atoms with Gasteiger partial charge < -0.3 is 73.4 Å². The number of halogens is 6. The van der Waals surface area contributed by atoms with Gasteiger partial charge in [0.1, 0.15) is 0 Å². The van der Waals surface area contributed by atoms with E-state index in [0.717, 1.165) is 103 Å². The number of morpholine rings is 1. The average molecular weight is 1210 g/mol. The molecule has 7 rings (SSSR count). The number of rotatable bonds is 9. The third-order valence-corrected chi connectivity index (χ3v) is 14.0. The molecule has 0 spiro atoms. The van der Waals surface area contributed by atoms with Crippen LogP contribution in [0.25, 0.3) is 0 Å². The highest BCUT2D eigenvalue weighted by Crippen LogP contribution is 2.44. The molecule has 3 aliphatic carbocycles. The largest absolute Gasteiger partial charge is 0.433 e. The number of piperazine rings is 1. The zero-order chi connectivity index (χ0) is 55.9. The Morgan fingerprint density at radius 2 is 0.895 bits per heavy atom. The molecule has 2 bridgehead atoms. The van der Waals surface area contributed by atoms with Crippen molar-refractivity contribution in [3.63, 3.8) is 0 Å². The lowest BCUT2D eigenvalue weighted by Crippen LogP contribution is -2.48. The van der Waals surface area contributed by atoms with Crippen LogP contribution in [-0.2, 0) is 37.9 Å². The number of amides is 6. The second kappa shape index (κ2) is 43.1. The number of carbonyl (C=O) groups is 6. The summed E-state index contributed by atoms with van der Waals surface area (Å²) in [6.07, 6.45) is 17.4. The van der Waals surface area contributed by atoms with E-state index in [1.807, 2.05) is 20.9 Å². The Balaban J connectivity index is 0.000000312. The first kappa shape index (κ1) is 69.3. The smallest absolute Gasteiger partial charge is 0.411 e. The minimum atomic E-state index is -0.443. The lowest BCUT2D eigenvalue weighted by atomic mass is 9.96. The number of nitrogens with zero attached hydrogens (tertiary/aromatic N) is 4. The molecule has 27 heteroatoms. The van der Waals surface area contributed by atoms with E-state index in [1.165, 1.54) is 57.8 Å². The fourth-order valence-corrected chi connectivity index (χ4v) is 10.2. The fourth-order valence-electron chi connectivity index (χ4n) is 9.63. The maximum Gasteiger partial charge on any atom is 0.411 e. The van der Waals surface area contributed by atoms with Crippen LogP contribution in [0.2, 0.25) is 0 Å². The second-order valence-electron chi connectivity index (χ2n) is 19.2. The Bertz CT molecular complexity index is 1550. The average Bonchev–Trinajstić information content (AvgIpc) is 3.62. The van der Waals surface area contributed by atoms with Gasteiger partial charge in [-0.1, -0.05) is 115 Å². The van der Waals surface area contributed by atoms with Gasteiger partial charge in [-0.25, -0.2) is 28.8 Å². The van der Waals surface area contributed by atoms with E-state index in [1.54, 1.807) is 14.7 Å². The van der Waals surface area contributed by atoms with E-state index in [4.69, 9.17) is 79.1 Å². The van der Waals surface area contributed by atoms with Crippen LogP contribution in [0.1, 0.15) is 123 Å². The molecule has 0 aromatic carbocycles. The zero-order valence-corrected chi connectivity index (χ0v) is 49.2. The van der Waals surface area contributed by atoms with E-state index in [9.17, 15) is 28.8 Å². The summed E-state index contributed by atoms with van der Waals surface area (Å²) in [4.78, 5) is 73.7. The summed E-state index contributed by atoms with van der Waals surface area (Å²) >= 11 is 31.6. The highest BCUT2D eigenvalue weighted by Gasteiger charge is 2.40. The number of likely N-dealkylation sites (N-methyl/N-ethyl adjacent to an activating group) is 1. The molecule has 4 heterocycles. The van der Waals surface area contributed by atoms with E-state index in [-0.39, 0.29) is 85.1 Å². The molecule has 0 aromatic heterocycles. The van der Waals surface area contributed by atoms with Gasteiger partial charge in [0.15, 0.2) is 36.4 Å². The number of alkyl carbamates (subject to hydrolysis) is 3. The van der Waals surface area contributed by atoms with Crippen molar-refractivity contribution in [2.75, 3.05) is 109 Å². The monoisotopic (exact) mass is 1210 g/mol. The molecule has 3 N–H and O–H groups in total. The highest BCUT2D eigenvalue weighted by molar-refractivity contribution is 6.18. The normalized spacial score (nSPS) is 24.4. The molecule has 4 aliphatic heterocycles. The molecule has 3 saturated carbocycles. The van der Waals surface area contributed by atoms with Crippen molar-refractivity contribution in [1.82, 2.24) is 35.6 Å². The van der Waals surface area contributed by atoms with Gasteiger partial charge in [0.25, 0.3) is 0 Å². The molecule has 0 radical (unpaired) electrons. The summed E-state index contributed by atoms with van der Waals surface area (Å²) in [6.45, 7) is 11.4. The van der Waals surface area contributed by atoms with Crippen LogP contribution in [-0.4, -0.2) is 196 Å². The van der Waals surface area contributed by atoms with Gasteiger partial charge in [-0.2, -0.15) is 0 Å². The van der Waals surface area contributed by atoms with Crippen molar-refractivity contribution in [1.29, 1.82) is 0 Å². The lowest BCUT2D eigenvalue weighted by molar-refractivity contribution is -0.0625. The molecule has 442 valence electrons. The summed E-state index contributed by atoms with van der Waals surface area (Å²) in [5, 5.41) is 8.41. The minimum Gasteiger partial charge on any atom is -0.433 e. The molecule has 4 saturated heterocycles. The Kier molecular flexibility index (Phi) is 39.3. The zero-order valence-electron chi connectivity index (χ0n) is 44.6. The Hall–Kier alpha value is -2.76. The number of fused-ring (bicyclic) bond motifs is 2. The molecular formula is C49H85Cl6N7O14. The maximum atomic E-state index is 11.3. The topological polar surface area (TPSA) is 225 Å². The van der Waals surface area contributed by atoms with E-state index >= 15 is 0 Å². The van der Waals surface area contributed by atoms with Crippen LogP contribution >= 0.6 is 69.6 Å². The van der Waals surface area contributed by atoms with Gasteiger partial charge >= 0.3 is 36.6 Å². The molecule has 21 nitrogen and oxygen atoms in total. The van der Waals surface area contributed by atoms with Crippen molar-refractivity contribution >= 4 is 106 Å². The Morgan fingerprint density at radius 1 is 0.461 bits per heavy atom. The summed E-state index contributed by atoms with van der Waals surface area (Å²) < 4.78 is 38.5. The van der Waals surface area contributed by atoms with Crippen molar-refractivity contribution in [2.45, 2.75) is 153 Å². The van der Waals surface area contributed by atoms with Gasteiger partial charge in [-0.05, 0) is 96.9 Å². The predicted molar refractivity (Wildman–Crippen MR) is 292 cm³/mol. The molecule has 7 fully saturated rings. The highest BCUT2D eigenvalue weighted by atomic mass is 35.5. The van der Waals surface area contributed by atoms with E-state index < -0.39 is 6.09 Å². The fraction of sp³-hybridized carbons (Fsp3) is 0.878. The molecule has 4 unspecified atom stereocenters. The van der Waals surface area contributed by atoms with Crippen LogP contribution in [0.15, 0.2) is 0 Å². The third-order valence-electron chi connectivity index (χ3n) is 13.4. The van der Waals surface area contributed by atoms with Gasteiger partial charge in [-0.3, -0.25) is 0 Å². The molecule has 7 aliphatic rings. The molecule has 6 amide bonds. The van der Waals surface area contributed by atoms with Gasteiger partial charge in [-0.15, -0.1) is 0 Å². The first-order valence-electron chi connectivity index (χ1n) is 26.5. The molecule has 0 aromatic rings. The summed E-state index contributed by atoms with van der Waals surface area (Å²) in [5.74, 6) is 1.53. The Labute approximate surface area is 480 Å². The number of hydrogen-bond donors (Lipinski definition) is 3. The number of alkyl halides is 6. The van der Waals surface area contributed by atoms with E-state index in [0.29, 0.717) is 37.7 Å². The molecular weight excluding hydrogens is 1120 g/mol. The Morgan fingerprint density at radius 3 is 1.36 bits per heavy atom. The van der Waals surface area contributed by atoms with Crippen molar-refractivity contribution in [3.8, 4) is 0 Å². The van der Waals surface area contributed by atoms with Crippen molar-refractivity contribution in [2.24, 2.45) is 11.8 Å². The first-order chi connectivity index (χ1) is 36.7. The number of ether oxygens (including phenoxy) is 8. The number of likely N-dealkylation sites (tertiary alicyclic amines) is 1. The second-order valence-corrected chi connectivity index (χ2v) is 20.5. The SMILES string of the molecule is CN1CCN(C(=O)OCCl)CC1.C[C@@H]1CN(C(=O)OCCl)C[C@H](C)O1.O=C(NC1CC2CCC1C2)OCCl.O=C(NC1CCCCCC1)OCCl.O=C(NC1CCCOCC1)OCCl.O=C(OCCl)N1CCCCCC1. The summed E-state index contributed by atoms with van der Waals surface area (Å²) in [7, 11) is 2.03. The van der Waals surface area contributed by atoms with Gasteiger partial charge in [0.2, 0.25) is 0 Å².